The van der Waals surface area contributed by atoms with Gasteiger partial charge in [0.15, 0.2) is 5.75 Å². The number of halogens is 2. The van der Waals surface area contributed by atoms with E-state index in [9.17, 15) is 21.9 Å². The number of phenolic OH excluding ortho intramolecular Hbond substituents is 1. The minimum atomic E-state index is -4.20. The lowest BCUT2D eigenvalue weighted by Crippen LogP contribution is -2.29. The molecule has 24 heavy (non-hydrogen) atoms. The molecule has 0 aliphatic carbocycles. The summed E-state index contributed by atoms with van der Waals surface area (Å²) in [5, 5.41) is 14.5. The predicted octanol–water partition coefficient (Wildman–Crippen LogP) is 1.65. The predicted molar refractivity (Wildman–Crippen MR) is 89.9 cm³/mol. The van der Waals surface area contributed by atoms with Gasteiger partial charge in [0.05, 0.1) is 9.92 Å². The molecule has 0 aromatic heterocycles. The van der Waals surface area contributed by atoms with Gasteiger partial charge in [-0.3, -0.25) is 0 Å². The zero-order chi connectivity index (χ0) is 18.1. The van der Waals surface area contributed by atoms with Crippen LogP contribution < -0.4 is 15.4 Å². The topological polar surface area (TPSA) is 139 Å². The van der Waals surface area contributed by atoms with E-state index in [1.165, 1.54) is 30.3 Å². The van der Waals surface area contributed by atoms with Crippen LogP contribution in [0.2, 0.25) is 10.0 Å². The van der Waals surface area contributed by atoms with Crippen molar-refractivity contribution in [2.45, 2.75) is 9.79 Å². The van der Waals surface area contributed by atoms with E-state index in [-0.39, 0.29) is 20.6 Å². The van der Waals surface area contributed by atoms with E-state index in [2.05, 4.69) is 5.43 Å². The maximum Gasteiger partial charge on any atom is 0.261 e. The standard InChI is InChI=1S/C12H11Cl2N3O5S2/c13-7-5-10(14)12(18)11(6-7)24(21,22)17-16-8-1-3-9(4-2-8)23(15,19)20/h1-6,16-18H,(H2,15,19,20). The first kappa shape index (κ1) is 18.8. The van der Waals surface area contributed by atoms with Gasteiger partial charge in [-0.1, -0.05) is 23.2 Å². The van der Waals surface area contributed by atoms with E-state index < -0.39 is 30.7 Å². The van der Waals surface area contributed by atoms with Crippen molar-refractivity contribution in [3.63, 3.8) is 0 Å². The highest BCUT2D eigenvalue weighted by Crippen LogP contribution is 2.33. The van der Waals surface area contributed by atoms with E-state index >= 15 is 0 Å². The Morgan fingerprint density at radius 1 is 1.00 bits per heavy atom. The third-order valence-electron chi connectivity index (χ3n) is 2.80. The van der Waals surface area contributed by atoms with Crippen LogP contribution in [0.5, 0.6) is 5.75 Å². The van der Waals surface area contributed by atoms with Crippen LogP contribution in [0.15, 0.2) is 46.2 Å². The van der Waals surface area contributed by atoms with E-state index in [1.807, 2.05) is 4.83 Å². The number of phenols is 1. The van der Waals surface area contributed by atoms with Gasteiger partial charge in [-0.05, 0) is 36.4 Å². The molecule has 0 aliphatic rings. The number of hydrogen-bond acceptors (Lipinski definition) is 6. The van der Waals surface area contributed by atoms with Crippen molar-refractivity contribution in [3.05, 3.63) is 46.4 Å². The summed E-state index contributed by atoms with van der Waals surface area (Å²) in [5.74, 6) is -0.653. The molecule has 5 N–H and O–H groups in total. The van der Waals surface area contributed by atoms with Crippen LogP contribution in [-0.2, 0) is 20.0 Å². The minimum Gasteiger partial charge on any atom is -0.505 e. The zero-order valence-corrected chi connectivity index (χ0v) is 14.8. The summed E-state index contributed by atoms with van der Waals surface area (Å²) in [6, 6.07) is 7.20. The van der Waals surface area contributed by atoms with Gasteiger partial charge in [0.25, 0.3) is 10.0 Å². The molecule has 0 spiro atoms. The van der Waals surface area contributed by atoms with Crippen LogP contribution in [-0.4, -0.2) is 21.9 Å². The Hall–Kier alpha value is -1.56. The van der Waals surface area contributed by atoms with Crippen LogP contribution >= 0.6 is 23.2 Å². The first-order chi connectivity index (χ1) is 11.0. The van der Waals surface area contributed by atoms with E-state index in [0.717, 1.165) is 6.07 Å². The Morgan fingerprint density at radius 2 is 1.58 bits per heavy atom. The minimum absolute atomic E-state index is 0.0238. The highest BCUT2D eigenvalue weighted by atomic mass is 35.5. The molecule has 0 radical (unpaired) electrons. The number of anilines is 1. The van der Waals surface area contributed by atoms with Crippen molar-refractivity contribution < 1.29 is 21.9 Å². The van der Waals surface area contributed by atoms with Crippen LogP contribution in [0, 0.1) is 0 Å². The number of nitrogens with one attached hydrogen (secondary N) is 2. The number of rotatable bonds is 5. The fourth-order valence-corrected chi connectivity index (χ4v) is 3.79. The molecule has 0 saturated carbocycles. The van der Waals surface area contributed by atoms with E-state index in [4.69, 9.17) is 28.3 Å². The summed E-state index contributed by atoms with van der Waals surface area (Å²) >= 11 is 11.4. The molecule has 130 valence electrons. The maximum absolute atomic E-state index is 12.2. The molecule has 0 atom stereocenters. The quantitative estimate of drug-likeness (QED) is 0.551. The molecule has 0 amide bonds. The van der Waals surface area contributed by atoms with Crippen molar-refractivity contribution in [1.29, 1.82) is 0 Å². The second-order valence-corrected chi connectivity index (χ2v) is 8.59. The van der Waals surface area contributed by atoms with Crippen LogP contribution in [0.4, 0.5) is 5.69 Å². The van der Waals surface area contributed by atoms with Gasteiger partial charge in [0.2, 0.25) is 10.0 Å². The molecule has 12 heteroatoms. The normalized spacial score (nSPS) is 12.1. The molecule has 0 aliphatic heterocycles. The smallest absolute Gasteiger partial charge is 0.261 e. The van der Waals surface area contributed by atoms with E-state index in [1.54, 1.807) is 0 Å². The number of hydrogen-bond donors (Lipinski definition) is 4. The highest BCUT2D eigenvalue weighted by Gasteiger charge is 2.21. The number of primary sulfonamides is 1. The molecule has 0 unspecified atom stereocenters. The Kier molecular flexibility index (Phi) is 5.28. The molecule has 0 bridgehead atoms. The summed E-state index contributed by atoms with van der Waals surface area (Å²) in [5.41, 5.74) is 2.59. The Morgan fingerprint density at radius 3 is 2.12 bits per heavy atom. The molecule has 2 aromatic rings. The van der Waals surface area contributed by atoms with Gasteiger partial charge in [-0.15, -0.1) is 4.83 Å². The molecule has 2 rings (SSSR count). The maximum atomic E-state index is 12.2. The van der Waals surface area contributed by atoms with Gasteiger partial charge in [-0.25, -0.2) is 22.0 Å². The average Bonchev–Trinajstić information content (AvgIpc) is 2.48. The first-order valence-electron chi connectivity index (χ1n) is 6.09. The van der Waals surface area contributed by atoms with Gasteiger partial charge in [0.1, 0.15) is 4.90 Å². The Labute approximate surface area is 148 Å². The van der Waals surface area contributed by atoms with Crippen LogP contribution in [0.25, 0.3) is 0 Å². The third kappa shape index (κ3) is 4.29. The second kappa shape index (κ2) is 6.75. The SMILES string of the molecule is NS(=O)(=O)c1ccc(NNS(=O)(=O)c2cc(Cl)cc(Cl)c2O)cc1. The van der Waals surface area contributed by atoms with Crippen molar-refractivity contribution in [2.75, 3.05) is 5.43 Å². The number of benzene rings is 2. The zero-order valence-electron chi connectivity index (χ0n) is 11.7. The summed E-state index contributed by atoms with van der Waals surface area (Å²) < 4.78 is 46.7. The van der Waals surface area contributed by atoms with Crippen molar-refractivity contribution >= 4 is 48.9 Å². The molecule has 2 aromatic carbocycles. The number of nitrogens with two attached hydrogens (primary N) is 1. The largest absolute Gasteiger partial charge is 0.505 e. The molecule has 0 heterocycles. The van der Waals surface area contributed by atoms with Crippen molar-refractivity contribution in [2.24, 2.45) is 5.14 Å². The highest BCUT2D eigenvalue weighted by molar-refractivity contribution is 7.89. The Bertz CT molecular complexity index is 976. The molecular weight excluding hydrogens is 401 g/mol. The fourth-order valence-electron chi connectivity index (χ4n) is 1.66. The number of aromatic hydroxyl groups is 1. The van der Waals surface area contributed by atoms with Crippen LogP contribution in [0.3, 0.4) is 0 Å². The van der Waals surface area contributed by atoms with Crippen LogP contribution in [0.1, 0.15) is 0 Å². The summed E-state index contributed by atoms with van der Waals surface area (Å²) in [7, 11) is -8.05. The molecule has 0 fully saturated rings. The monoisotopic (exact) mass is 411 g/mol. The molecule has 0 saturated heterocycles. The molecule has 8 nitrogen and oxygen atoms in total. The lowest BCUT2D eigenvalue weighted by molar-refractivity contribution is 0.458. The number of hydrazine groups is 1. The van der Waals surface area contributed by atoms with E-state index in [0.29, 0.717) is 0 Å². The summed E-state index contributed by atoms with van der Waals surface area (Å²) in [6.07, 6.45) is 0. The summed E-state index contributed by atoms with van der Waals surface area (Å²) in [6.45, 7) is 0. The first-order valence-corrected chi connectivity index (χ1v) is 9.88. The van der Waals surface area contributed by atoms with Crippen molar-refractivity contribution in [3.8, 4) is 5.75 Å². The van der Waals surface area contributed by atoms with Gasteiger partial charge < -0.3 is 10.5 Å². The number of sulfonamides is 2. The fraction of sp³-hybridized carbons (Fsp3) is 0. The van der Waals surface area contributed by atoms with Gasteiger partial charge in [-0.2, -0.15) is 0 Å². The Balaban J connectivity index is 2.22. The van der Waals surface area contributed by atoms with Gasteiger partial charge >= 0.3 is 0 Å². The lowest BCUT2D eigenvalue weighted by atomic mass is 10.3. The summed E-state index contributed by atoms with van der Waals surface area (Å²) in [4.78, 5) is 1.36. The average molecular weight is 412 g/mol. The molecular formula is C12H11Cl2N3O5S2. The lowest BCUT2D eigenvalue weighted by Gasteiger charge is -2.12. The van der Waals surface area contributed by atoms with Crippen molar-refractivity contribution in [1.82, 2.24) is 4.83 Å². The van der Waals surface area contributed by atoms with Gasteiger partial charge in [0, 0.05) is 10.7 Å². The third-order valence-corrected chi connectivity index (χ3v) is 5.49. The second-order valence-electron chi connectivity index (χ2n) is 4.53.